The molecule has 1 aliphatic heterocycles. The summed E-state index contributed by atoms with van der Waals surface area (Å²) < 4.78 is 0. The zero-order chi connectivity index (χ0) is 15.4. The maximum Gasteiger partial charge on any atom is 0.270 e. The number of nitrogens with zero attached hydrogens (tertiary/aromatic N) is 2. The van der Waals surface area contributed by atoms with Gasteiger partial charge in [0.15, 0.2) is 6.29 Å². The van der Waals surface area contributed by atoms with Crippen molar-refractivity contribution in [3.05, 3.63) is 33.9 Å². The fourth-order valence-corrected chi connectivity index (χ4v) is 2.67. The first-order valence-corrected chi connectivity index (χ1v) is 6.80. The number of piperidine rings is 1. The minimum Gasteiger partial charge on any atom is -0.359 e. The molecule has 1 unspecified atom stereocenters. The number of aldehydes is 1. The minimum atomic E-state index is -0.538. The molecule has 1 saturated heterocycles. The maximum atomic E-state index is 12.0. The van der Waals surface area contributed by atoms with Crippen molar-refractivity contribution in [1.29, 1.82) is 0 Å². The van der Waals surface area contributed by atoms with Gasteiger partial charge >= 0.3 is 0 Å². The SMILES string of the molecule is CNC(=O)C1CCCCN1c1ccc([N+](=O)[O-])cc1C=O. The molecule has 1 N–H and O–H groups in total. The number of anilines is 1. The van der Waals surface area contributed by atoms with Gasteiger partial charge in [-0.3, -0.25) is 19.7 Å². The molecule has 1 amide bonds. The Bertz CT molecular complexity index is 573. The van der Waals surface area contributed by atoms with Crippen LogP contribution in [0, 0.1) is 10.1 Å². The highest BCUT2D eigenvalue weighted by Gasteiger charge is 2.29. The highest BCUT2D eigenvalue weighted by Crippen LogP contribution is 2.30. The second kappa shape index (κ2) is 6.34. The summed E-state index contributed by atoms with van der Waals surface area (Å²) in [6, 6.07) is 3.81. The molecule has 1 aromatic rings. The van der Waals surface area contributed by atoms with Crippen LogP contribution in [0.1, 0.15) is 29.6 Å². The first-order valence-electron chi connectivity index (χ1n) is 6.80. The Hall–Kier alpha value is -2.44. The molecule has 0 saturated carbocycles. The topological polar surface area (TPSA) is 92.6 Å². The van der Waals surface area contributed by atoms with E-state index in [1.165, 1.54) is 12.1 Å². The summed E-state index contributed by atoms with van der Waals surface area (Å²) in [7, 11) is 1.57. The van der Waals surface area contributed by atoms with Crippen LogP contribution < -0.4 is 10.2 Å². The number of nitrogens with one attached hydrogen (secondary N) is 1. The molecule has 2 rings (SSSR count). The number of nitro groups is 1. The van der Waals surface area contributed by atoms with Crippen molar-refractivity contribution in [2.24, 2.45) is 0 Å². The van der Waals surface area contributed by atoms with E-state index in [1.54, 1.807) is 13.1 Å². The number of amides is 1. The van der Waals surface area contributed by atoms with E-state index in [0.717, 1.165) is 12.8 Å². The van der Waals surface area contributed by atoms with E-state index >= 15 is 0 Å². The van der Waals surface area contributed by atoms with Crippen molar-refractivity contribution in [3.63, 3.8) is 0 Å². The highest BCUT2D eigenvalue weighted by atomic mass is 16.6. The fourth-order valence-electron chi connectivity index (χ4n) is 2.67. The van der Waals surface area contributed by atoms with E-state index < -0.39 is 4.92 Å². The van der Waals surface area contributed by atoms with Gasteiger partial charge in [0.25, 0.3) is 5.69 Å². The molecule has 0 aliphatic carbocycles. The van der Waals surface area contributed by atoms with Crippen molar-refractivity contribution in [2.45, 2.75) is 25.3 Å². The van der Waals surface area contributed by atoms with E-state index in [0.29, 0.717) is 24.9 Å². The summed E-state index contributed by atoms with van der Waals surface area (Å²) in [6.07, 6.45) is 3.16. The molecule has 1 fully saturated rings. The van der Waals surface area contributed by atoms with Crippen LogP contribution in [0.25, 0.3) is 0 Å². The van der Waals surface area contributed by atoms with Gasteiger partial charge in [0, 0.05) is 37.0 Å². The number of carbonyl (C=O) groups is 2. The predicted octanol–water partition coefficient (Wildman–Crippen LogP) is 1.51. The van der Waals surface area contributed by atoms with Gasteiger partial charge in [0.2, 0.25) is 5.91 Å². The van der Waals surface area contributed by atoms with E-state index in [9.17, 15) is 19.7 Å². The van der Waals surface area contributed by atoms with E-state index in [1.807, 2.05) is 4.90 Å². The van der Waals surface area contributed by atoms with Crippen LogP contribution in [0.4, 0.5) is 11.4 Å². The maximum absolute atomic E-state index is 12.0. The average Bonchev–Trinajstić information content (AvgIpc) is 2.53. The summed E-state index contributed by atoms with van der Waals surface area (Å²) in [5.41, 5.74) is 0.679. The van der Waals surface area contributed by atoms with E-state index in [2.05, 4.69) is 5.32 Å². The quantitative estimate of drug-likeness (QED) is 0.515. The number of nitro benzene ring substituents is 1. The van der Waals surface area contributed by atoms with E-state index in [-0.39, 0.29) is 23.2 Å². The van der Waals surface area contributed by atoms with Gasteiger partial charge in [-0.1, -0.05) is 0 Å². The van der Waals surface area contributed by atoms with Crippen molar-refractivity contribution in [1.82, 2.24) is 5.32 Å². The zero-order valence-corrected chi connectivity index (χ0v) is 11.7. The molecule has 1 atom stereocenters. The smallest absolute Gasteiger partial charge is 0.270 e. The second-order valence-electron chi connectivity index (χ2n) is 4.94. The Morgan fingerprint density at radius 2 is 2.24 bits per heavy atom. The number of rotatable bonds is 4. The van der Waals surface area contributed by atoms with Gasteiger partial charge in [0.05, 0.1) is 4.92 Å². The molecule has 1 aliphatic rings. The largest absolute Gasteiger partial charge is 0.359 e. The second-order valence-corrected chi connectivity index (χ2v) is 4.94. The van der Waals surface area contributed by atoms with Gasteiger partial charge in [-0.2, -0.15) is 0 Å². The van der Waals surface area contributed by atoms with Crippen molar-refractivity contribution in [3.8, 4) is 0 Å². The lowest BCUT2D eigenvalue weighted by Gasteiger charge is -2.36. The number of hydrogen-bond acceptors (Lipinski definition) is 5. The lowest BCUT2D eigenvalue weighted by molar-refractivity contribution is -0.384. The third-order valence-corrected chi connectivity index (χ3v) is 3.71. The molecule has 112 valence electrons. The zero-order valence-electron chi connectivity index (χ0n) is 11.7. The van der Waals surface area contributed by atoms with Crippen molar-refractivity contribution < 1.29 is 14.5 Å². The highest BCUT2D eigenvalue weighted by molar-refractivity contribution is 5.90. The third kappa shape index (κ3) is 3.01. The van der Waals surface area contributed by atoms with Gasteiger partial charge in [-0.05, 0) is 25.3 Å². The van der Waals surface area contributed by atoms with Crippen LogP contribution in [0.5, 0.6) is 0 Å². The van der Waals surface area contributed by atoms with Crippen LogP contribution in [0.3, 0.4) is 0 Å². The van der Waals surface area contributed by atoms with E-state index in [4.69, 9.17) is 0 Å². The molecule has 0 bridgehead atoms. The Labute approximate surface area is 122 Å². The number of carbonyl (C=O) groups excluding carboxylic acids is 2. The summed E-state index contributed by atoms with van der Waals surface area (Å²) in [6.45, 7) is 0.650. The molecule has 7 nitrogen and oxygen atoms in total. The van der Waals surface area contributed by atoms with Crippen LogP contribution >= 0.6 is 0 Å². The molecule has 0 radical (unpaired) electrons. The lowest BCUT2D eigenvalue weighted by Crippen LogP contribution is -2.49. The summed E-state index contributed by atoms with van der Waals surface area (Å²) in [4.78, 5) is 35.3. The average molecular weight is 291 g/mol. The molecule has 1 aromatic carbocycles. The Morgan fingerprint density at radius 1 is 1.48 bits per heavy atom. The Kier molecular flexibility index (Phi) is 4.52. The van der Waals surface area contributed by atoms with Crippen molar-refractivity contribution in [2.75, 3.05) is 18.5 Å². The normalized spacial score (nSPS) is 18.1. The Morgan fingerprint density at radius 3 is 2.86 bits per heavy atom. The lowest BCUT2D eigenvalue weighted by atomic mass is 9.99. The fraction of sp³-hybridized carbons (Fsp3) is 0.429. The first kappa shape index (κ1) is 15.0. The van der Waals surface area contributed by atoms with Crippen molar-refractivity contribution >= 4 is 23.6 Å². The summed E-state index contributed by atoms with van der Waals surface area (Å²) >= 11 is 0. The Balaban J connectivity index is 2.40. The number of non-ortho nitro benzene ring substituents is 1. The first-order chi connectivity index (χ1) is 10.1. The van der Waals surface area contributed by atoms with Gasteiger partial charge in [0.1, 0.15) is 6.04 Å². The molecular formula is C14H17N3O4. The van der Waals surface area contributed by atoms with Gasteiger partial charge in [-0.25, -0.2) is 0 Å². The van der Waals surface area contributed by atoms with Crippen LogP contribution in [0.15, 0.2) is 18.2 Å². The third-order valence-electron chi connectivity index (χ3n) is 3.71. The predicted molar refractivity (Wildman–Crippen MR) is 77.5 cm³/mol. The van der Waals surface area contributed by atoms with Crippen LogP contribution in [0.2, 0.25) is 0 Å². The molecular weight excluding hydrogens is 274 g/mol. The molecule has 0 aromatic heterocycles. The summed E-state index contributed by atoms with van der Waals surface area (Å²) in [5.74, 6) is -0.107. The van der Waals surface area contributed by atoms with Gasteiger partial charge < -0.3 is 10.2 Å². The summed E-state index contributed by atoms with van der Waals surface area (Å²) in [5, 5.41) is 13.4. The number of likely N-dealkylation sites (N-methyl/N-ethyl adjacent to an activating group) is 1. The molecule has 21 heavy (non-hydrogen) atoms. The van der Waals surface area contributed by atoms with Crippen LogP contribution in [-0.2, 0) is 4.79 Å². The molecule has 7 heteroatoms. The molecule has 1 heterocycles. The monoisotopic (exact) mass is 291 g/mol. The number of hydrogen-bond donors (Lipinski definition) is 1. The van der Waals surface area contributed by atoms with Gasteiger partial charge in [-0.15, -0.1) is 0 Å². The molecule has 0 spiro atoms. The minimum absolute atomic E-state index is 0.107. The number of benzene rings is 1. The standard InChI is InChI=1S/C14H17N3O4/c1-15-14(19)13-4-2-3-7-16(13)12-6-5-11(17(20)21)8-10(12)9-18/h5-6,8-9,13H,2-4,7H2,1H3,(H,15,19). The van der Waals surface area contributed by atoms with Crippen LogP contribution in [-0.4, -0.2) is 36.8 Å².